The summed E-state index contributed by atoms with van der Waals surface area (Å²) in [5, 5.41) is 0. The normalized spacial score (nSPS) is 14.5. The van der Waals surface area contributed by atoms with E-state index in [1.54, 1.807) is 14.2 Å². The van der Waals surface area contributed by atoms with E-state index in [4.69, 9.17) is 28.4 Å². The minimum Gasteiger partial charge on any atom is -0.382 e. The number of rotatable bonds is 16. The molecule has 1 aliphatic heterocycles. The average molecular weight is 434 g/mol. The van der Waals surface area contributed by atoms with Crippen LogP contribution >= 0.6 is 0 Å². The van der Waals surface area contributed by atoms with Crippen molar-refractivity contribution in [3.05, 3.63) is 0 Å². The third-order valence-corrected chi connectivity index (χ3v) is 3.85. The summed E-state index contributed by atoms with van der Waals surface area (Å²) < 4.78 is 30.3. The number of methoxy groups -OCH3 is 2. The van der Waals surface area contributed by atoms with Gasteiger partial charge in [0.05, 0.1) is 52.9 Å². The molecular formula is C18H30N2O10. The Morgan fingerprint density at radius 2 is 0.967 bits per heavy atom. The molecule has 0 radical (unpaired) electrons. The summed E-state index contributed by atoms with van der Waals surface area (Å²) in [7, 11) is 3.11. The van der Waals surface area contributed by atoms with Gasteiger partial charge in [-0.25, -0.2) is 0 Å². The van der Waals surface area contributed by atoms with Gasteiger partial charge < -0.3 is 28.4 Å². The van der Waals surface area contributed by atoms with E-state index in [0.717, 1.165) is 9.80 Å². The first-order valence-electron chi connectivity index (χ1n) is 9.46. The van der Waals surface area contributed by atoms with Crippen molar-refractivity contribution in [2.24, 2.45) is 0 Å². The number of imide groups is 2. The molecule has 12 heteroatoms. The molecule has 0 bridgehead atoms. The molecule has 1 saturated heterocycles. The summed E-state index contributed by atoms with van der Waals surface area (Å²) in [5.74, 6) is -2.62. The van der Waals surface area contributed by atoms with E-state index in [1.165, 1.54) is 0 Å². The third-order valence-electron chi connectivity index (χ3n) is 3.85. The number of piperazine rings is 1. The molecule has 0 aliphatic carbocycles. The number of carbonyl (C=O) groups is 4. The number of hydrogen-bond donors (Lipinski definition) is 0. The minimum absolute atomic E-state index is 0.155. The molecule has 30 heavy (non-hydrogen) atoms. The van der Waals surface area contributed by atoms with Crippen molar-refractivity contribution in [3.63, 3.8) is 0 Å². The van der Waals surface area contributed by atoms with Gasteiger partial charge in [0.25, 0.3) is 11.8 Å². The van der Waals surface area contributed by atoms with E-state index in [-0.39, 0.29) is 39.6 Å². The summed E-state index contributed by atoms with van der Waals surface area (Å²) in [6.45, 7) is 0.784. The molecule has 0 unspecified atom stereocenters. The van der Waals surface area contributed by atoms with E-state index in [9.17, 15) is 19.2 Å². The van der Waals surface area contributed by atoms with E-state index in [0.29, 0.717) is 26.4 Å². The molecule has 1 fully saturated rings. The molecule has 0 N–H and O–H groups in total. The molecular weight excluding hydrogens is 404 g/mol. The molecule has 172 valence electrons. The molecule has 1 aliphatic rings. The highest BCUT2D eigenvalue weighted by Crippen LogP contribution is 2.07. The fourth-order valence-electron chi connectivity index (χ4n) is 2.27. The van der Waals surface area contributed by atoms with E-state index >= 15 is 0 Å². The molecule has 1 heterocycles. The fraction of sp³-hybridized carbons (Fsp3) is 0.778. The van der Waals surface area contributed by atoms with Crippen LogP contribution in [0, 0.1) is 0 Å². The van der Waals surface area contributed by atoms with E-state index in [1.807, 2.05) is 0 Å². The largest absolute Gasteiger partial charge is 0.382 e. The van der Waals surface area contributed by atoms with Crippen LogP contribution < -0.4 is 0 Å². The monoisotopic (exact) mass is 434 g/mol. The third kappa shape index (κ3) is 10.2. The summed E-state index contributed by atoms with van der Waals surface area (Å²) >= 11 is 0. The van der Waals surface area contributed by atoms with Crippen molar-refractivity contribution in [1.29, 1.82) is 0 Å². The topological polar surface area (TPSA) is 130 Å². The molecule has 12 nitrogen and oxygen atoms in total. The van der Waals surface area contributed by atoms with Gasteiger partial charge >= 0.3 is 0 Å². The van der Waals surface area contributed by atoms with E-state index < -0.39 is 36.7 Å². The molecule has 0 saturated carbocycles. The lowest BCUT2D eigenvalue weighted by molar-refractivity contribution is -0.165. The van der Waals surface area contributed by atoms with Gasteiger partial charge in [-0.1, -0.05) is 0 Å². The highest BCUT2D eigenvalue weighted by atomic mass is 16.5. The van der Waals surface area contributed by atoms with Gasteiger partial charge in [0.1, 0.15) is 26.3 Å². The number of amides is 4. The van der Waals surface area contributed by atoms with Crippen LogP contribution in [0.4, 0.5) is 0 Å². The van der Waals surface area contributed by atoms with E-state index in [2.05, 4.69) is 0 Å². The van der Waals surface area contributed by atoms with Crippen LogP contribution in [0.15, 0.2) is 0 Å². The lowest BCUT2D eigenvalue weighted by Gasteiger charge is -2.31. The second-order valence-electron chi connectivity index (χ2n) is 6.06. The molecule has 0 aromatic carbocycles. The maximum absolute atomic E-state index is 12.2. The second kappa shape index (κ2) is 15.8. The lowest BCUT2D eigenvalue weighted by Crippen LogP contribution is -2.58. The predicted octanol–water partition coefficient (Wildman–Crippen LogP) is -1.93. The Morgan fingerprint density at radius 1 is 0.633 bits per heavy atom. The van der Waals surface area contributed by atoms with Crippen molar-refractivity contribution < 1.29 is 47.6 Å². The van der Waals surface area contributed by atoms with Gasteiger partial charge in [0, 0.05) is 14.2 Å². The summed E-state index contributed by atoms with van der Waals surface area (Å²) in [5.41, 5.74) is 0. The van der Waals surface area contributed by atoms with Gasteiger partial charge in [-0.05, 0) is 0 Å². The Morgan fingerprint density at radius 3 is 1.33 bits per heavy atom. The standard InChI is InChI=1S/C18H30N2O10/c1-25-3-5-27-7-9-29-13-17(23)19-11-16(22)20(12-15(19)21)18(24)14-30-10-8-28-6-4-26-2/h3-14H2,1-2H3. The van der Waals surface area contributed by atoms with Gasteiger partial charge in [-0.3, -0.25) is 29.0 Å². The molecule has 4 amide bonds. The van der Waals surface area contributed by atoms with Crippen LogP contribution in [0.25, 0.3) is 0 Å². The molecule has 1 rings (SSSR count). The van der Waals surface area contributed by atoms with Crippen LogP contribution in [-0.4, -0.2) is 127 Å². The Hall–Kier alpha value is -1.96. The summed E-state index contributed by atoms with van der Waals surface area (Å²) in [6, 6.07) is 0. The Labute approximate surface area is 175 Å². The van der Waals surface area contributed by atoms with Crippen LogP contribution in [0.3, 0.4) is 0 Å². The van der Waals surface area contributed by atoms with Crippen molar-refractivity contribution in [2.45, 2.75) is 0 Å². The molecule has 0 spiro atoms. The maximum Gasteiger partial charge on any atom is 0.255 e. The lowest BCUT2D eigenvalue weighted by atomic mass is 10.3. The van der Waals surface area contributed by atoms with Crippen molar-refractivity contribution >= 4 is 23.6 Å². The minimum atomic E-state index is -0.657. The van der Waals surface area contributed by atoms with Crippen LogP contribution in [-0.2, 0) is 47.6 Å². The molecule has 0 aromatic rings. The zero-order valence-corrected chi connectivity index (χ0v) is 17.5. The first-order chi connectivity index (χ1) is 14.5. The Kier molecular flexibility index (Phi) is 13.8. The first-order valence-corrected chi connectivity index (χ1v) is 9.46. The molecule has 0 aromatic heterocycles. The van der Waals surface area contributed by atoms with Crippen LogP contribution in [0.2, 0.25) is 0 Å². The van der Waals surface area contributed by atoms with Crippen LogP contribution in [0.5, 0.6) is 0 Å². The Bertz CT molecular complexity index is 509. The quantitative estimate of drug-likeness (QED) is 0.253. The number of carbonyl (C=O) groups excluding carboxylic acids is 4. The number of hydrogen-bond acceptors (Lipinski definition) is 10. The summed E-state index contributed by atoms with van der Waals surface area (Å²) in [4.78, 5) is 50.1. The SMILES string of the molecule is COCCOCCOCC(=O)N1CC(=O)N(C(=O)COCCOCCOC)CC1=O. The summed E-state index contributed by atoms with van der Waals surface area (Å²) in [6.07, 6.45) is 0. The first kappa shape index (κ1) is 26.1. The zero-order chi connectivity index (χ0) is 22.2. The number of nitrogens with zero attached hydrogens (tertiary/aromatic N) is 2. The highest BCUT2D eigenvalue weighted by molar-refractivity contribution is 6.09. The fourth-order valence-corrected chi connectivity index (χ4v) is 2.27. The number of ether oxygens (including phenoxy) is 6. The van der Waals surface area contributed by atoms with Gasteiger partial charge in [-0.2, -0.15) is 0 Å². The van der Waals surface area contributed by atoms with Gasteiger partial charge in [-0.15, -0.1) is 0 Å². The van der Waals surface area contributed by atoms with Gasteiger partial charge in [0.15, 0.2) is 0 Å². The van der Waals surface area contributed by atoms with Crippen molar-refractivity contribution in [3.8, 4) is 0 Å². The maximum atomic E-state index is 12.2. The second-order valence-corrected chi connectivity index (χ2v) is 6.06. The zero-order valence-electron chi connectivity index (χ0n) is 17.5. The van der Waals surface area contributed by atoms with Gasteiger partial charge in [0.2, 0.25) is 11.8 Å². The van der Waals surface area contributed by atoms with Crippen LogP contribution in [0.1, 0.15) is 0 Å². The predicted molar refractivity (Wildman–Crippen MR) is 100 cm³/mol. The smallest absolute Gasteiger partial charge is 0.255 e. The Balaban J connectivity index is 2.26. The molecule has 0 atom stereocenters. The average Bonchev–Trinajstić information content (AvgIpc) is 2.73. The van der Waals surface area contributed by atoms with Crippen molar-refractivity contribution in [1.82, 2.24) is 9.80 Å². The highest BCUT2D eigenvalue weighted by Gasteiger charge is 2.36. The van der Waals surface area contributed by atoms with Crippen molar-refractivity contribution in [2.75, 3.05) is 93.4 Å².